The summed E-state index contributed by atoms with van der Waals surface area (Å²) in [7, 11) is -2.90. The summed E-state index contributed by atoms with van der Waals surface area (Å²) in [5, 5.41) is 5.25. The number of rotatable bonds is 5. The van der Waals surface area contributed by atoms with Crippen LogP contribution in [0.3, 0.4) is 0 Å². The van der Waals surface area contributed by atoms with Gasteiger partial charge in [0.15, 0.2) is 15.0 Å². The van der Waals surface area contributed by atoms with Gasteiger partial charge in [0.25, 0.3) is 0 Å². The molecular weight excluding hydrogens is 432 g/mol. The van der Waals surface area contributed by atoms with Gasteiger partial charge in [-0.3, -0.25) is 4.79 Å². The standard InChI is InChI=1S/C15H15BrN2O3S3/c16-11-3-1-2-10(6-11)13-7-23-15(17-13)18-14(19)8-22-12-4-5-24(20,21)9-12/h1-3,6-7,12H,4-5,8-9H2,(H,17,18,19). The highest BCUT2D eigenvalue weighted by Gasteiger charge is 2.28. The molecule has 128 valence electrons. The van der Waals surface area contributed by atoms with Crippen LogP contribution in [0.4, 0.5) is 5.13 Å². The van der Waals surface area contributed by atoms with Crippen LogP contribution in [-0.4, -0.2) is 41.8 Å². The third kappa shape index (κ3) is 4.81. The number of anilines is 1. The minimum atomic E-state index is -2.90. The Balaban J connectivity index is 1.54. The van der Waals surface area contributed by atoms with Crippen molar-refractivity contribution in [2.45, 2.75) is 11.7 Å². The number of halogens is 1. The van der Waals surface area contributed by atoms with Crippen molar-refractivity contribution in [1.82, 2.24) is 4.98 Å². The van der Waals surface area contributed by atoms with Crippen LogP contribution in [0.15, 0.2) is 34.1 Å². The highest BCUT2D eigenvalue weighted by Crippen LogP contribution is 2.28. The van der Waals surface area contributed by atoms with E-state index >= 15 is 0 Å². The lowest BCUT2D eigenvalue weighted by Gasteiger charge is -2.06. The van der Waals surface area contributed by atoms with Crippen LogP contribution in [0.2, 0.25) is 0 Å². The largest absolute Gasteiger partial charge is 0.301 e. The molecule has 5 nitrogen and oxygen atoms in total. The molecule has 0 saturated carbocycles. The summed E-state index contributed by atoms with van der Waals surface area (Å²) in [5.41, 5.74) is 1.79. The van der Waals surface area contributed by atoms with Gasteiger partial charge >= 0.3 is 0 Å². The number of carbonyl (C=O) groups excluding carboxylic acids is 1. The van der Waals surface area contributed by atoms with E-state index in [1.165, 1.54) is 23.1 Å². The zero-order valence-corrected chi connectivity index (χ0v) is 16.6. The van der Waals surface area contributed by atoms with E-state index in [4.69, 9.17) is 0 Å². The molecule has 2 aromatic rings. The first-order valence-electron chi connectivity index (χ1n) is 7.25. The molecule has 1 aromatic carbocycles. The zero-order chi connectivity index (χ0) is 17.2. The lowest BCUT2D eigenvalue weighted by Crippen LogP contribution is -2.17. The first-order valence-corrected chi connectivity index (χ1v) is 11.8. The number of sulfone groups is 1. The number of hydrogen-bond acceptors (Lipinski definition) is 6. The number of nitrogens with zero attached hydrogens (tertiary/aromatic N) is 1. The van der Waals surface area contributed by atoms with E-state index in [0.717, 1.165) is 15.7 Å². The number of benzene rings is 1. The first-order chi connectivity index (χ1) is 11.4. The topological polar surface area (TPSA) is 76.1 Å². The Bertz CT molecular complexity index is 851. The van der Waals surface area contributed by atoms with Gasteiger partial charge in [-0.2, -0.15) is 0 Å². The molecule has 2 heterocycles. The Morgan fingerprint density at radius 2 is 2.29 bits per heavy atom. The van der Waals surface area contributed by atoms with E-state index in [1.54, 1.807) is 0 Å². The maximum absolute atomic E-state index is 12.0. The average Bonchev–Trinajstić information content (AvgIpc) is 3.11. The molecule has 24 heavy (non-hydrogen) atoms. The Labute approximate surface area is 157 Å². The lowest BCUT2D eigenvalue weighted by atomic mass is 10.2. The summed E-state index contributed by atoms with van der Waals surface area (Å²) in [6, 6.07) is 7.81. The number of amides is 1. The van der Waals surface area contributed by atoms with Gasteiger partial charge in [0.05, 0.1) is 23.0 Å². The fraction of sp³-hybridized carbons (Fsp3) is 0.333. The van der Waals surface area contributed by atoms with Gasteiger partial charge in [0, 0.05) is 20.7 Å². The van der Waals surface area contributed by atoms with Crippen molar-refractivity contribution in [3.8, 4) is 11.3 Å². The molecule has 1 N–H and O–H groups in total. The Morgan fingerprint density at radius 1 is 1.46 bits per heavy atom. The van der Waals surface area contributed by atoms with Gasteiger partial charge in [-0.25, -0.2) is 13.4 Å². The van der Waals surface area contributed by atoms with Crippen LogP contribution in [-0.2, 0) is 14.6 Å². The SMILES string of the molecule is O=C(CSC1CCS(=O)(=O)C1)Nc1nc(-c2cccc(Br)c2)cs1. The van der Waals surface area contributed by atoms with Crippen LogP contribution >= 0.6 is 39.0 Å². The van der Waals surface area contributed by atoms with E-state index in [1.807, 2.05) is 29.6 Å². The van der Waals surface area contributed by atoms with Crippen molar-refractivity contribution in [3.05, 3.63) is 34.1 Å². The third-order valence-corrected chi connectivity index (χ3v) is 8.04. The highest BCUT2D eigenvalue weighted by molar-refractivity contribution is 9.10. The molecule has 1 unspecified atom stereocenters. The molecule has 1 saturated heterocycles. The number of aromatic nitrogens is 1. The predicted molar refractivity (Wildman–Crippen MR) is 103 cm³/mol. The fourth-order valence-electron chi connectivity index (χ4n) is 2.35. The van der Waals surface area contributed by atoms with E-state index in [9.17, 15) is 13.2 Å². The van der Waals surface area contributed by atoms with Crippen molar-refractivity contribution < 1.29 is 13.2 Å². The number of hydrogen-bond donors (Lipinski definition) is 1. The molecule has 3 rings (SSSR count). The van der Waals surface area contributed by atoms with Gasteiger partial charge in [0.1, 0.15) is 0 Å². The maximum atomic E-state index is 12.0. The van der Waals surface area contributed by atoms with Gasteiger partial charge in [0.2, 0.25) is 5.91 Å². The summed E-state index contributed by atoms with van der Waals surface area (Å²) in [5.74, 6) is 0.495. The molecule has 0 bridgehead atoms. The second-order valence-corrected chi connectivity index (χ2v) is 10.7. The molecule has 0 spiro atoms. The molecule has 1 fully saturated rings. The summed E-state index contributed by atoms with van der Waals surface area (Å²) >= 11 is 6.20. The molecule has 9 heteroatoms. The van der Waals surface area contributed by atoms with Crippen LogP contribution in [0.1, 0.15) is 6.42 Å². The van der Waals surface area contributed by atoms with Crippen LogP contribution in [0, 0.1) is 0 Å². The normalized spacial score (nSPS) is 19.3. The average molecular weight is 447 g/mol. The van der Waals surface area contributed by atoms with E-state index in [0.29, 0.717) is 11.6 Å². The lowest BCUT2D eigenvalue weighted by molar-refractivity contribution is -0.113. The third-order valence-electron chi connectivity index (χ3n) is 3.51. The molecule has 1 aromatic heterocycles. The van der Waals surface area contributed by atoms with Gasteiger partial charge in [-0.1, -0.05) is 28.1 Å². The van der Waals surface area contributed by atoms with Crippen molar-refractivity contribution in [3.63, 3.8) is 0 Å². The van der Waals surface area contributed by atoms with Crippen LogP contribution in [0.5, 0.6) is 0 Å². The molecule has 0 radical (unpaired) electrons. The van der Waals surface area contributed by atoms with Crippen molar-refractivity contribution >= 4 is 59.9 Å². The summed E-state index contributed by atoms with van der Waals surface area (Å²) < 4.78 is 23.8. The number of thioether (sulfide) groups is 1. The zero-order valence-electron chi connectivity index (χ0n) is 12.6. The van der Waals surface area contributed by atoms with Crippen LogP contribution < -0.4 is 5.32 Å². The second-order valence-electron chi connectivity index (χ2n) is 5.43. The summed E-state index contributed by atoms with van der Waals surface area (Å²) in [6.45, 7) is 0. The summed E-state index contributed by atoms with van der Waals surface area (Å²) in [6.07, 6.45) is 0.630. The Morgan fingerprint density at radius 3 is 3.00 bits per heavy atom. The molecule has 1 atom stereocenters. The Kier molecular flexibility index (Phi) is 5.63. The molecular formula is C15H15BrN2O3S3. The van der Waals surface area contributed by atoms with Crippen LogP contribution in [0.25, 0.3) is 11.3 Å². The molecule has 1 amide bonds. The highest BCUT2D eigenvalue weighted by atomic mass is 79.9. The van der Waals surface area contributed by atoms with Crippen molar-refractivity contribution in [2.75, 3.05) is 22.6 Å². The molecule has 0 aliphatic carbocycles. The first kappa shape index (κ1) is 17.9. The maximum Gasteiger partial charge on any atom is 0.236 e. The minimum absolute atomic E-state index is 0.0225. The summed E-state index contributed by atoms with van der Waals surface area (Å²) in [4.78, 5) is 16.4. The smallest absolute Gasteiger partial charge is 0.236 e. The molecule has 1 aliphatic rings. The quantitative estimate of drug-likeness (QED) is 0.760. The minimum Gasteiger partial charge on any atom is -0.301 e. The van der Waals surface area contributed by atoms with E-state index in [-0.39, 0.29) is 28.4 Å². The number of thiazole rings is 1. The van der Waals surface area contributed by atoms with Crippen molar-refractivity contribution in [1.29, 1.82) is 0 Å². The van der Waals surface area contributed by atoms with Gasteiger partial charge in [-0.15, -0.1) is 23.1 Å². The fourth-order valence-corrected chi connectivity index (χ4v) is 6.93. The number of carbonyl (C=O) groups is 1. The predicted octanol–water partition coefficient (Wildman–Crippen LogP) is 3.43. The Hall–Kier alpha value is -0.900. The van der Waals surface area contributed by atoms with Gasteiger partial charge in [-0.05, 0) is 18.6 Å². The monoisotopic (exact) mass is 446 g/mol. The van der Waals surface area contributed by atoms with Crippen molar-refractivity contribution in [2.24, 2.45) is 0 Å². The second kappa shape index (κ2) is 7.55. The number of nitrogens with one attached hydrogen (secondary N) is 1. The van der Waals surface area contributed by atoms with Gasteiger partial charge < -0.3 is 5.32 Å². The van der Waals surface area contributed by atoms with E-state index < -0.39 is 9.84 Å². The molecule has 1 aliphatic heterocycles. The van der Waals surface area contributed by atoms with E-state index in [2.05, 4.69) is 26.2 Å².